The Morgan fingerprint density at radius 2 is 2.15 bits per heavy atom. The second-order valence-electron chi connectivity index (χ2n) is 6.04. The summed E-state index contributed by atoms with van der Waals surface area (Å²) in [4.78, 5) is 39.0. The van der Waals surface area contributed by atoms with Crippen LogP contribution in [0.3, 0.4) is 0 Å². The SMILES string of the molecule is C[C@H](OC(=O)c1cccc(N2CCCC2=O)c1)C(=O)NCc1cccs1. The number of anilines is 1. The molecule has 1 fully saturated rings. The first-order valence-corrected chi connectivity index (χ1v) is 9.34. The molecule has 7 heteroatoms. The Balaban J connectivity index is 1.58. The van der Waals surface area contributed by atoms with Gasteiger partial charge in [0.15, 0.2) is 6.10 Å². The van der Waals surface area contributed by atoms with Gasteiger partial charge in [0.1, 0.15) is 0 Å². The van der Waals surface area contributed by atoms with E-state index in [-0.39, 0.29) is 11.8 Å². The predicted octanol–water partition coefficient (Wildman–Crippen LogP) is 2.74. The number of amides is 2. The maximum absolute atomic E-state index is 12.3. The highest BCUT2D eigenvalue weighted by Crippen LogP contribution is 2.22. The first kappa shape index (κ1) is 18.1. The maximum Gasteiger partial charge on any atom is 0.338 e. The van der Waals surface area contributed by atoms with Crippen LogP contribution in [-0.4, -0.2) is 30.4 Å². The Morgan fingerprint density at radius 3 is 2.85 bits per heavy atom. The number of carbonyl (C=O) groups excluding carboxylic acids is 3. The molecule has 0 saturated carbocycles. The van der Waals surface area contributed by atoms with Crippen molar-refractivity contribution >= 4 is 34.8 Å². The van der Waals surface area contributed by atoms with E-state index in [2.05, 4.69) is 5.32 Å². The van der Waals surface area contributed by atoms with Crippen molar-refractivity contribution in [3.05, 3.63) is 52.2 Å². The summed E-state index contributed by atoms with van der Waals surface area (Å²) in [5.41, 5.74) is 0.997. The van der Waals surface area contributed by atoms with Gasteiger partial charge in [0, 0.05) is 23.5 Å². The van der Waals surface area contributed by atoms with E-state index in [0.717, 1.165) is 11.3 Å². The molecule has 0 unspecified atom stereocenters. The number of nitrogens with zero attached hydrogens (tertiary/aromatic N) is 1. The molecule has 0 aliphatic carbocycles. The van der Waals surface area contributed by atoms with Crippen LogP contribution in [0.1, 0.15) is 35.0 Å². The molecule has 1 aliphatic rings. The Bertz CT molecular complexity index is 804. The van der Waals surface area contributed by atoms with E-state index in [1.54, 1.807) is 40.5 Å². The summed E-state index contributed by atoms with van der Waals surface area (Å²) >= 11 is 1.55. The summed E-state index contributed by atoms with van der Waals surface area (Å²) < 4.78 is 5.26. The van der Waals surface area contributed by atoms with E-state index < -0.39 is 12.1 Å². The van der Waals surface area contributed by atoms with Crippen LogP contribution in [0.2, 0.25) is 0 Å². The molecule has 1 aliphatic heterocycles. The average Bonchev–Trinajstić information content (AvgIpc) is 3.31. The number of hydrogen-bond acceptors (Lipinski definition) is 5. The van der Waals surface area contributed by atoms with Gasteiger partial charge < -0.3 is 15.0 Å². The third-order valence-corrected chi connectivity index (χ3v) is 5.01. The van der Waals surface area contributed by atoms with Crippen LogP contribution in [0, 0.1) is 0 Å². The number of benzene rings is 1. The summed E-state index contributed by atoms with van der Waals surface area (Å²) in [7, 11) is 0. The fourth-order valence-electron chi connectivity index (χ4n) is 2.74. The van der Waals surface area contributed by atoms with Crippen molar-refractivity contribution in [2.24, 2.45) is 0 Å². The van der Waals surface area contributed by atoms with Gasteiger partial charge in [-0.1, -0.05) is 12.1 Å². The first-order chi connectivity index (χ1) is 12.5. The molecular weight excluding hydrogens is 352 g/mol. The molecule has 136 valence electrons. The Labute approximate surface area is 155 Å². The normalized spacial score (nSPS) is 15.0. The molecule has 2 heterocycles. The van der Waals surface area contributed by atoms with E-state index in [1.165, 1.54) is 6.92 Å². The molecule has 1 aromatic carbocycles. The zero-order chi connectivity index (χ0) is 18.5. The van der Waals surface area contributed by atoms with Gasteiger partial charge in [-0.2, -0.15) is 0 Å². The lowest BCUT2D eigenvalue weighted by Crippen LogP contribution is -2.35. The number of rotatable bonds is 6. The average molecular weight is 372 g/mol. The van der Waals surface area contributed by atoms with Crippen molar-refractivity contribution in [1.82, 2.24) is 5.32 Å². The first-order valence-electron chi connectivity index (χ1n) is 8.46. The van der Waals surface area contributed by atoms with Gasteiger partial charge >= 0.3 is 5.97 Å². The van der Waals surface area contributed by atoms with Crippen LogP contribution >= 0.6 is 11.3 Å². The van der Waals surface area contributed by atoms with Crippen molar-refractivity contribution in [1.29, 1.82) is 0 Å². The lowest BCUT2D eigenvalue weighted by atomic mass is 10.2. The number of nitrogens with one attached hydrogen (secondary N) is 1. The molecule has 0 spiro atoms. The lowest BCUT2D eigenvalue weighted by Gasteiger charge is -2.17. The minimum atomic E-state index is -0.903. The van der Waals surface area contributed by atoms with Crippen LogP contribution in [0.5, 0.6) is 0 Å². The fraction of sp³-hybridized carbons (Fsp3) is 0.316. The van der Waals surface area contributed by atoms with Crippen molar-refractivity contribution in [2.45, 2.75) is 32.4 Å². The van der Waals surface area contributed by atoms with Crippen LogP contribution in [-0.2, 0) is 20.9 Å². The molecule has 1 atom stereocenters. The number of thiophene rings is 1. The molecule has 1 aromatic heterocycles. The lowest BCUT2D eigenvalue weighted by molar-refractivity contribution is -0.129. The fourth-order valence-corrected chi connectivity index (χ4v) is 3.38. The second kappa shape index (κ2) is 8.14. The molecule has 1 saturated heterocycles. The third-order valence-electron chi connectivity index (χ3n) is 4.14. The van der Waals surface area contributed by atoms with Crippen LogP contribution in [0.25, 0.3) is 0 Å². The Kier molecular flexibility index (Phi) is 5.68. The van der Waals surface area contributed by atoms with Crippen molar-refractivity contribution in [3.63, 3.8) is 0 Å². The summed E-state index contributed by atoms with van der Waals surface area (Å²) in [5.74, 6) is -0.883. The van der Waals surface area contributed by atoms with Crippen molar-refractivity contribution in [2.75, 3.05) is 11.4 Å². The van der Waals surface area contributed by atoms with E-state index in [0.29, 0.717) is 30.8 Å². The minimum Gasteiger partial charge on any atom is -0.449 e. The van der Waals surface area contributed by atoms with E-state index in [1.807, 2.05) is 17.5 Å². The monoisotopic (exact) mass is 372 g/mol. The summed E-state index contributed by atoms with van der Waals surface area (Å²) in [6, 6.07) is 10.6. The molecule has 26 heavy (non-hydrogen) atoms. The molecular formula is C19H20N2O4S. The van der Waals surface area contributed by atoms with Crippen LogP contribution in [0.4, 0.5) is 5.69 Å². The summed E-state index contributed by atoms with van der Waals surface area (Å²) in [6.45, 7) is 2.60. The predicted molar refractivity (Wildman–Crippen MR) is 99.1 cm³/mol. The van der Waals surface area contributed by atoms with Gasteiger partial charge in [0.25, 0.3) is 5.91 Å². The Hall–Kier alpha value is -2.67. The zero-order valence-corrected chi connectivity index (χ0v) is 15.3. The van der Waals surface area contributed by atoms with Crippen molar-refractivity contribution < 1.29 is 19.1 Å². The van der Waals surface area contributed by atoms with Crippen LogP contribution < -0.4 is 10.2 Å². The van der Waals surface area contributed by atoms with Gasteiger partial charge in [-0.15, -0.1) is 11.3 Å². The van der Waals surface area contributed by atoms with Crippen molar-refractivity contribution in [3.8, 4) is 0 Å². The van der Waals surface area contributed by atoms with E-state index >= 15 is 0 Å². The smallest absolute Gasteiger partial charge is 0.338 e. The molecule has 0 bridgehead atoms. The highest BCUT2D eigenvalue weighted by atomic mass is 32.1. The quantitative estimate of drug-likeness (QED) is 0.791. The number of carbonyl (C=O) groups is 3. The summed E-state index contributed by atoms with van der Waals surface area (Å²) in [6.07, 6.45) is 0.435. The van der Waals surface area contributed by atoms with E-state index in [4.69, 9.17) is 4.74 Å². The molecule has 2 amide bonds. The molecule has 0 radical (unpaired) electrons. The minimum absolute atomic E-state index is 0.0526. The second-order valence-corrected chi connectivity index (χ2v) is 7.08. The molecule has 1 N–H and O–H groups in total. The van der Waals surface area contributed by atoms with Gasteiger partial charge in [0.05, 0.1) is 12.1 Å². The number of hydrogen-bond donors (Lipinski definition) is 1. The van der Waals surface area contributed by atoms with Gasteiger partial charge in [-0.25, -0.2) is 4.79 Å². The van der Waals surface area contributed by atoms with E-state index in [9.17, 15) is 14.4 Å². The van der Waals surface area contributed by atoms with Crippen LogP contribution in [0.15, 0.2) is 41.8 Å². The number of ether oxygens (including phenoxy) is 1. The zero-order valence-electron chi connectivity index (χ0n) is 14.4. The topological polar surface area (TPSA) is 75.7 Å². The maximum atomic E-state index is 12.3. The molecule has 6 nitrogen and oxygen atoms in total. The molecule has 2 aromatic rings. The largest absolute Gasteiger partial charge is 0.449 e. The van der Waals surface area contributed by atoms with Gasteiger partial charge in [-0.05, 0) is 43.0 Å². The number of esters is 1. The summed E-state index contributed by atoms with van der Waals surface area (Å²) in [5, 5.41) is 4.68. The standard InChI is InChI=1S/C19H20N2O4S/c1-13(18(23)20-12-16-7-4-10-26-16)25-19(24)14-5-2-6-15(11-14)21-9-3-8-17(21)22/h2,4-7,10-11,13H,3,8-9,12H2,1H3,(H,20,23)/t13-/m0/s1. The Morgan fingerprint density at radius 1 is 1.31 bits per heavy atom. The molecule has 3 rings (SSSR count). The third kappa shape index (κ3) is 4.29. The van der Waals surface area contributed by atoms with Gasteiger partial charge in [-0.3, -0.25) is 9.59 Å². The highest BCUT2D eigenvalue weighted by molar-refractivity contribution is 7.09. The highest BCUT2D eigenvalue weighted by Gasteiger charge is 2.23. The van der Waals surface area contributed by atoms with Gasteiger partial charge in [0.2, 0.25) is 5.91 Å².